The summed E-state index contributed by atoms with van der Waals surface area (Å²) in [4.78, 5) is 17.1. The fraction of sp³-hybridized carbons (Fsp3) is 0.280. The maximum Gasteiger partial charge on any atom is 0.143 e. The lowest BCUT2D eigenvalue weighted by atomic mass is 10.1. The highest BCUT2D eigenvalue weighted by atomic mass is 35.5. The molecule has 0 atom stereocenters. The number of halogens is 2. The Balaban J connectivity index is 1.33. The van der Waals surface area contributed by atoms with Crippen molar-refractivity contribution in [3.8, 4) is 11.3 Å². The van der Waals surface area contributed by atoms with Crippen LogP contribution < -0.4 is 5.32 Å². The SMILES string of the molecule is CCN1CCN(Cc2ccc(-c3cc4c(Nc5ccc(F)c(Cl)c5)ncnc4[nH]3)cc2)CC1. The molecule has 0 spiro atoms. The fourth-order valence-corrected chi connectivity index (χ4v) is 4.40. The van der Waals surface area contributed by atoms with Gasteiger partial charge in [-0.2, -0.15) is 0 Å². The van der Waals surface area contributed by atoms with Crippen molar-refractivity contribution in [2.75, 3.05) is 38.0 Å². The first-order chi connectivity index (χ1) is 16.1. The van der Waals surface area contributed by atoms with Crippen molar-refractivity contribution in [3.05, 3.63) is 71.3 Å². The molecule has 0 radical (unpaired) electrons. The van der Waals surface area contributed by atoms with Crippen LogP contribution in [0, 0.1) is 5.82 Å². The molecule has 3 heterocycles. The second-order valence-corrected chi connectivity index (χ2v) is 8.74. The zero-order valence-corrected chi connectivity index (χ0v) is 19.2. The highest BCUT2D eigenvalue weighted by Gasteiger charge is 2.16. The summed E-state index contributed by atoms with van der Waals surface area (Å²) in [5, 5.41) is 4.13. The summed E-state index contributed by atoms with van der Waals surface area (Å²) < 4.78 is 13.5. The van der Waals surface area contributed by atoms with Crippen molar-refractivity contribution in [3.63, 3.8) is 0 Å². The number of aromatic nitrogens is 3. The van der Waals surface area contributed by atoms with Gasteiger partial charge in [0.25, 0.3) is 0 Å². The summed E-state index contributed by atoms with van der Waals surface area (Å²) in [5.74, 6) is 0.179. The third kappa shape index (κ3) is 4.85. The first kappa shape index (κ1) is 21.8. The van der Waals surface area contributed by atoms with E-state index in [2.05, 4.69) is 61.3 Å². The van der Waals surface area contributed by atoms with Crippen molar-refractivity contribution in [2.24, 2.45) is 0 Å². The molecule has 0 aliphatic carbocycles. The number of benzene rings is 2. The molecular weight excluding hydrogens is 439 g/mol. The van der Waals surface area contributed by atoms with E-state index in [1.54, 1.807) is 12.1 Å². The van der Waals surface area contributed by atoms with Crippen molar-refractivity contribution < 1.29 is 4.39 Å². The molecular formula is C25H26ClFN6. The Bertz CT molecular complexity index is 1250. The normalized spacial score (nSPS) is 15.2. The van der Waals surface area contributed by atoms with Gasteiger partial charge < -0.3 is 15.2 Å². The van der Waals surface area contributed by atoms with Gasteiger partial charge in [-0.1, -0.05) is 42.8 Å². The molecule has 1 aliphatic heterocycles. The summed E-state index contributed by atoms with van der Waals surface area (Å²) in [6.07, 6.45) is 1.50. The van der Waals surface area contributed by atoms with Crippen molar-refractivity contribution in [1.82, 2.24) is 24.8 Å². The predicted molar refractivity (Wildman–Crippen MR) is 131 cm³/mol. The fourth-order valence-electron chi connectivity index (χ4n) is 4.22. The van der Waals surface area contributed by atoms with Gasteiger partial charge in [0.05, 0.1) is 10.4 Å². The number of nitrogens with zero attached hydrogens (tertiary/aromatic N) is 4. The van der Waals surface area contributed by atoms with Crippen LogP contribution in [0.4, 0.5) is 15.9 Å². The topological polar surface area (TPSA) is 60.1 Å². The zero-order valence-electron chi connectivity index (χ0n) is 18.5. The number of aromatic amines is 1. The number of fused-ring (bicyclic) bond motifs is 1. The van der Waals surface area contributed by atoms with Crippen LogP contribution in [0.1, 0.15) is 12.5 Å². The molecule has 33 heavy (non-hydrogen) atoms. The molecule has 1 saturated heterocycles. The van der Waals surface area contributed by atoms with Gasteiger partial charge >= 0.3 is 0 Å². The third-order valence-corrected chi connectivity index (χ3v) is 6.48. The van der Waals surface area contributed by atoms with Gasteiger partial charge in [-0.05, 0) is 41.9 Å². The van der Waals surface area contributed by atoms with Gasteiger partial charge in [-0.15, -0.1) is 0 Å². The second kappa shape index (κ2) is 9.47. The molecule has 4 aromatic rings. The number of H-pyrrole nitrogens is 1. The maximum absolute atomic E-state index is 13.5. The van der Waals surface area contributed by atoms with E-state index in [1.165, 1.54) is 18.0 Å². The Morgan fingerprint density at radius 1 is 1.00 bits per heavy atom. The predicted octanol–water partition coefficient (Wildman–Crippen LogP) is 5.30. The Hall–Kier alpha value is -3.00. The van der Waals surface area contributed by atoms with Gasteiger partial charge in [0.1, 0.15) is 23.6 Å². The first-order valence-corrected chi connectivity index (χ1v) is 11.6. The molecule has 8 heteroatoms. The van der Waals surface area contributed by atoms with E-state index >= 15 is 0 Å². The molecule has 0 amide bonds. The standard InChI is InChI=1S/C25H26ClFN6/c1-2-32-9-11-33(12-10-32)15-17-3-5-18(6-4-17)23-14-20-24(28-16-29-25(20)31-23)30-19-7-8-22(27)21(26)13-19/h3-8,13-14,16H,2,9-12,15H2,1H3,(H2,28,29,30,31). The van der Waals surface area contributed by atoms with Gasteiger partial charge in [0.2, 0.25) is 0 Å². The molecule has 2 aromatic carbocycles. The molecule has 1 aliphatic rings. The number of nitrogens with one attached hydrogen (secondary N) is 2. The second-order valence-electron chi connectivity index (χ2n) is 8.33. The maximum atomic E-state index is 13.5. The number of anilines is 2. The van der Waals surface area contributed by atoms with Crippen LogP contribution >= 0.6 is 11.6 Å². The van der Waals surface area contributed by atoms with Gasteiger partial charge in [-0.3, -0.25) is 4.90 Å². The summed E-state index contributed by atoms with van der Waals surface area (Å²) in [7, 11) is 0. The molecule has 2 N–H and O–H groups in total. The van der Waals surface area contributed by atoms with E-state index in [-0.39, 0.29) is 5.02 Å². The van der Waals surface area contributed by atoms with E-state index in [4.69, 9.17) is 11.6 Å². The molecule has 1 fully saturated rings. The molecule has 6 nitrogen and oxygen atoms in total. The summed E-state index contributed by atoms with van der Waals surface area (Å²) in [6, 6.07) is 15.2. The van der Waals surface area contributed by atoms with Crippen molar-refractivity contribution in [2.45, 2.75) is 13.5 Å². The number of rotatable bonds is 6. The van der Waals surface area contributed by atoms with Gasteiger partial charge in [0, 0.05) is 44.1 Å². The number of piperazine rings is 1. The average Bonchev–Trinajstić information content (AvgIpc) is 3.28. The average molecular weight is 465 g/mol. The van der Waals surface area contributed by atoms with Crippen LogP contribution in [0.5, 0.6) is 0 Å². The van der Waals surface area contributed by atoms with E-state index in [1.807, 2.05) is 6.07 Å². The number of hydrogen-bond acceptors (Lipinski definition) is 5. The van der Waals surface area contributed by atoms with Crippen molar-refractivity contribution in [1.29, 1.82) is 0 Å². The molecule has 0 unspecified atom stereocenters. The monoisotopic (exact) mass is 464 g/mol. The molecule has 0 saturated carbocycles. The molecule has 2 aromatic heterocycles. The van der Waals surface area contributed by atoms with E-state index in [0.717, 1.165) is 61.6 Å². The third-order valence-electron chi connectivity index (χ3n) is 6.19. The van der Waals surface area contributed by atoms with E-state index in [0.29, 0.717) is 11.5 Å². The van der Waals surface area contributed by atoms with E-state index < -0.39 is 5.82 Å². The van der Waals surface area contributed by atoms with Gasteiger partial charge in [0.15, 0.2) is 0 Å². The summed E-state index contributed by atoms with van der Waals surface area (Å²) in [5.41, 5.74) is 4.76. The first-order valence-electron chi connectivity index (χ1n) is 11.2. The summed E-state index contributed by atoms with van der Waals surface area (Å²) >= 11 is 5.91. The van der Waals surface area contributed by atoms with Crippen LogP contribution in [0.15, 0.2) is 54.9 Å². The minimum atomic E-state index is -0.453. The largest absolute Gasteiger partial charge is 0.340 e. The smallest absolute Gasteiger partial charge is 0.143 e. The lowest BCUT2D eigenvalue weighted by Crippen LogP contribution is -2.45. The van der Waals surface area contributed by atoms with Crippen LogP contribution in [-0.2, 0) is 6.54 Å². The highest BCUT2D eigenvalue weighted by Crippen LogP contribution is 2.30. The number of likely N-dealkylation sites (N-methyl/N-ethyl adjacent to an activating group) is 1. The summed E-state index contributed by atoms with van der Waals surface area (Å²) in [6.45, 7) is 8.85. The zero-order chi connectivity index (χ0) is 22.8. The van der Waals surface area contributed by atoms with Crippen LogP contribution in [0.3, 0.4) is 0 Å². The lowest BCUT2D eigenvalue weighted by Gasteiger charge is -2.34. The van der Waals surface area contributed by atoms with Crippen LogP contribution in [-0.4, -0.2) is 57.5 Å². The Morgan fingerprint density at radius 3 is 2.48 bits per heavy atom. The molecule has 170 valence electrons. The minimum Gasteiger partial charge on any atom is -0.340 e. The molecule has 5 rings (SSSR count). The van der Waals surface area contributed by atoms with Crippen LogP contribution in [0.2, 0.25) is 5.02 Å². The van der Waals surface area contributed by atoms with Gasteiger partial charge in [-0.25, -0.2) is 14.4 Å². The Labute approximate surface area is 197 Å². The molecule has 0 bridgehead atoms. The van der Waals surface area contributed by atoms with Crippen molar-refractivity contribution >= 4 is 34.1 Å². The van der Waals surface area contributed by atoms with E-state index in [9.17, 15) is 4.39 Å². The highest BCUT2D eigenvalue weighted by molar-refractivity contribution is 6.31. The Morgan fingerprint density at radius 2 is 1.76 bits per heavy atom. The quantitative estimate of drug-likeness (QED) is 0.405. The van der Waals surface area contributed by atoms with Crippen LogP contribution in [0.25, 0.3) is 22.3 Å². The Kier molecular flexibility index (Phi) is 6.26. The number of hydrogen-bond donors (Lipinski definition) is 2. The lowest BCUT2D eigenvalue weighted by molar-refractivity contribution is 0.132. The minimum absolute atomic E-state index is 0.0624.